The van der Waals surface area contributed by atoms with Gasteiger partial charge in [-0.2, -0.15) is 0 Å². The summed E-state index contributed by atoms with van der Waals surface area (Å²) in [7, 11) is 0. The Balaban J connectivity index is 2.02. The summed E-state index contributed by atoms with van der Waals surface area (Å²) in [5, 5.41) is 0. The minimum atomic E-state index is -0.800. The standard InChI is InChI=1S/C17H27N3O/c1-3-20(15-8-4-6-13(2)12-15)11-9-14-7-5-10-17(14,19)16(18)21/h4,6,8,12,14H,3,5,7,9-11,19H2,1-2H3,(H2,18,21). The molecule has 4 nitrogen and oxygen atoms in total. The molecule has 1 amide bonds. The Morgan fingerprint density at radius 2 is 2.24 bits per heavy atom. The summed E-state index contributed by atoms with van der Waals surface area (Å²) in [4.78, 5) is 14.0. The van der Waals surface area contributed by atoms with E-state index < -0.39 is 5.54 Å². The van der Waals surface area contributed by atoms with Crippen molar-refractivity contribution in [3.63, 3.8) is 0 Å². The van der Waals surface area contributed by atoms with Crippen molar-refractivity contribution in [1.29, 1.82) is 0 Å². The predicted octanol–water partition coefficient (Wildman–Crippen LogP) is 2.19. The van der Waals surface area contributed by atoms with E-state index in [9.17, 15) is 4.79 Å². The zero-order chi connectivity index (χ0) is 15.5. The number of hydrogen-bond acceptors (Lipinski definition) is 3. The molecule has 1 aromatic rings. The van der Waals surface area contributed by atoms with E-state index in [0.717, 1.165) is 38.8 Å². The SMILES string of the molecule is CCN(CCC1CCCC1(N)C(N)=O)c1cccc(C)c1. The van der Waals surface area contributed by atoms with Crippen LogP contribution in [0.4, 0.5) is 5.69 Å². The fourth-order valence-corrected chi connectivity index (χ4v) is 3.44. The number of aryl methyl sites for hydroxylation is 1. The quantitative estimate of drug-likeness (QED) is 0.843. The van der Waals surface area contributed by atoms with Crippen LogP contribution in [-0.4, -0.2) is 24.5 Å². The van der Waals surface area contributed by atoms with Gasteiger partial charge in [-0.05, 0) is 56.7 Å². The third-order valence-electron chi connectivity index (χ3n) is 4.83. The first-order valence-corrected chi connectivity index (χ1v) is 7.87. The summed E-state index contributed by atoms with van der Waals surface area (Å²) in [6.45, 7) is 6.12. The molecule has 2 rings (SSSR count). The van der Waals surface area contributed by atoms with Crippen molar-refractivity contribution in [2.75, 3.05) is 18.0 Å². The van der Waals surface area contributed by atoms with Gasteiger partial charge in [-0.1, -0.05) is 18.6 Å². The van der Waals surface area contributed by atoms with Gasteiger partial charge in [0.25, 0.3) is 0 Å². The van der Waals surface area contributed by atoms with Gasteiger partial charge in [0.05, 0.1) is 5.54 Å². The molecule has 1 aromatic carbocycles. The number of hydrogen-bond donors (Lipinski definition) is 2. The average molecular weight is 289 g/mol. The Morgan fingerprint density at radius 1 is 1.48 bits per heavy atom. The van der Waals surface area contributed by atoms with Gasteiger partial charge in [0.2, 0.25) is 5.91 Å². The van der Waals surface area contributed by atoms with Crippen LogP contribution in [-0.2, 0) is 4.79 Å². The lowest BCUT2D eigenvalue weighted by molar-refractivity contribution is -0.124. The largest absolute Gasteiger partial charge is 0.372 e. The molecule has 0 heterocycles. The van der Waals surface area contributed by atoms with E-state index in [1.165, 1.54) is 11.3 Å². The van der Waals surface area contributed by atoms with Crippen LogP contribution in [0.3, 0.4) is 0 Å². The van der Waals surface area contributed by atoms with Crippen LogP contribution in [0.2, 0.25) is 0 Å². The zero-order valence-corrected chi connectivity index (χ0v) is 13.1. The Bertz CT molecular complexity index is 503. The van der Waals surface area contributed by atoms with Crippen molar-refractivity contribution in [1.82, 2.24) is 0 Å². The minimum Gasteiger partial charge on any atom is -0.372 e. The number of nitrogens with zero attached hydrogens (tertiary/aromatic N) is 1. The number of primary amides is 1. The smallest absolute Gasteiger partial charge is 0.237 e. The van der Waals surface area contributed by atoms with Crippen LogP contribution in [0.5, 0.6) is 0 Å². The van der Waals surface area contributed by atoms with Crippen molar-refractivity contribution in [2.45, 2.75) is 45.1 Å². The molecule has 0 spiro atoms. The molecule has 0 bridgehead atoms. The fourth-order valence-electron chi connectivity index (χ4n) is 3.44. The molecule has 0 radical (unpaired) electrons. The van der Waals surface area contributed by atoms with Crippen molar-refractivity contribution in [3.05, 3.63) is 29.8 Å². The van der Waals surface area contributed by atoms with Crippen molar-refractivity contribution >= 4 is 11.6 Å². The molecule has 0 aliphatic heterocycles. The van der Waals surface area contributed by atoms with Crippen LogP contribution in [0.15, 0.2) is 24.3 Å². The van der Waals surface area contributed by atoms with Crippen molar-refractivity contribution in [2.24, 2.45) is 17.4 Å². The normalized spacial score (nSPS) is 25.0. The number of anilines is 1. The van der Waals surface area contributed by atoms with Gasteiger partial charge in [-0.15, -0.1) is 0 Å². The lowest BCUT2D eigenvalue weighted by Gasteiger charge is -2.31. The van der Waals surface area contributed by atoms with E-state index in [4.69, 9.17) is 11.5 Å². The number of rotatable bonds is 6. The molecule has 21 heavy (non-hydrogen) atoms. The Labute approximate surface area is 127 Å². The van der Waals surface area contributed by atoms with Crippen molar-refractivity contribution < 1.29 is 4.79 Å². The van der Waals surface area contributed by atoms with Gasteiger partial charge in [-0.3, -0.25) is 4.79 Å². The van der Waals surface area contributed by atoms with E-state index in [1.807, 2.05) is 0 Å². The van der Waals surface area contributed by atoms with Crippen LogP contribution in [0.1, 0.15) is 38.2 Å². The van der Waals surface area contributed by atoms with Gasteiger partial charge < -0.3 is 16.4 Å². The number of carbonyl (C=O) groups is 1. The van der Waals surface area contributed by atoms with E-state index in [1.54, 1.807) is 0 Å². The third kappa shape index (κ3) is 3.38. The van der Waals surface area contributed by atoms with Crippen LogP contribution in [0, 0.1) is 12.8 Å². The third-order valence-corrected chi connectivity index (χ3v) is 4.83. The zero-order valence-electron chi connectivity index (χ0n) is 13.1. The molecular formula is C17H27N3O. The molecular weight excluding hydrogens is 262 g/mol. The second kappa shape index (κ2) is 6.48. The van der Waals surface area contributed by atoms with Crippen molar-refractivity contribution in [3.8, 4) is 0 Å². The van der Waals surface area contributed by atoms with Crippen LogP contribution >= 0.6 is 0 Å². The van der Waals surface area contributed by atoms with Gasteiger partial charge in [0.1, 0.15) is 0 Å². The van der Waals surface area contributed by atoms with E-state index in [2.05, 4.69) is 43.0 Å². The summed E-state index contributed by atoms with van der Waals surface area (Å²) < 4.78 is 0. The van der Waals surface area contributed by atoms with Crippen LogP contribution in [0.25, 0.3) is 0 Å². The number of benzene rings is 1. The summed E-state index contributed by atoms with van der Waals surface area (Å²) in [6, 6.07) is 8.52. The number of carbonyl (C=O) groups excluding carboxylic acids is 1. The second-order valence-electron chi connectivity index (χ2n) is 6.20. The molecule has 1 saturated carbocycles. The molecule has 116 valence electrons. The highest BCUT2D eigenvalue weighted by atomic mass is 16.1. The highest BCUT2D eigenvalue weighted by Crippen LogP contribution is 2.36. The number of amides is 1. The summed E-state index contributed by atoms with van der Waals surface area (Å²) in [5.41, 5.74) is 13.5. The predicted molar refractivity (Wildman–Crippen MR) is 87.1 cm³/mol. The summed E-state index contributed by atoms with van der Waals surface area (Å²) in [6.07, 6.45) is 3.65. The molecule has 1 fully saturated rings. The Kier molecular flexibility index (Phi) is 4.88. The highest BCUT2D eigenvalue weighted by molar-refractivity contribution is 5.85. The van der Waals surface area contributed by atoms with E-state index in [-0.39, 0.29) is 11.8 Å². The first-order chi connectivity index (χ1) is 9.97. The van der Waals surface area contributed by atoms with Gasteiger partial charge in [0.15, 0.2) is 0 Å². The molecule has 2 atom stereocenters. The lowest BCUT2D eigenvalue weighted by Crippen LogP contribution is -2.55. The Hall–Kier alpha value is -1.55. The lowest BCUT2D eigenvalue weighted by atomic mass is 9.85. The maximum atomic E-state index is 11.6. The average Bonchev–Trinajstić information content (AvgIpc) is 2.82. The van der Waals surface area contributed by atoms with Gasteiger partial charge in [-0.25, -0.2) is 0 Å². The molecule has 1 aliphatic carbocycles. The number of nitrogens with two attached hydrogens (primary N) is 2. The molecule has 0 aromatic heterocycles. The van der Waals surface area contributed by atoms with Gasteiger partial charge in [0, 0.05) is 18.8 Å². The molecule has 1 aliphatic rings. The molecule has 4 N–H and O–H groups in total. The van der Waals surface area contributed by atoms with E-state index in [0.29, 0.717) is 0 Å². The second-order valence-corrected chi connectivity index (χ2v) is 6.20. The summed E-state index contributed by atoms with van der Waals surface area (Å²) in [5.74, 6) is -0.141. The van der Waals surface area contributed by atoms with E-state index >= 15 is 0 Å². The molecule has 4 heteroatoms. The highest BCUT2D eigenvalue weighted by Gasteiger charge is 2.44. The maximum Gasteiger partial charge on any atom is 0.237 e. The topological polar surface area (TPSA) is 72.3 Å². The minimum absolute atomic E-state index is 0.203. The fraction of sp³-hybridized carbons (Fsp3) is 0.588. The molecule has 2 unspecified atom stereocenters. The van der Waals surface area contributed by atoms with Crippen LogP contribution < -0.4 is 16.4 Å². The first-order valence-electron chi connectivity index (χ1n) is 7.87. The first kappa shape index (κ1) is 15.8. The maximum absolute atomic E-state index is 11.6. The van der Waals surface area contributed by atoms with Gasteiger partial charge >= 0.3 is 0 Å². The molecule has 0 saturated heterocycles. The summed E-state index contributed by atoms with van der Waals surface area (Å²) >= 11 is 0. The Morgan fingerprint density at radius 3 is 2.86 bits per heavy atom. The monoisotopic (exact) mass is 289 g/mol.